The van der Waals surface area contributed by atoms with Crippen LogP contribution in [0.15, 0.2) is 48.5 Å². The van der Waals surface area contributed by atoms with Crippen molar-refractivity contribution in [3.8, 4) is 0 Å². The standard InChI is InChI=1S/C29H45N3O/c1-8-9-10-11-20-29(33)21(2)27(23-12-16-25(17-13-23)31(4)5)30-28(22(29)3)24-14-18-26(19-15-24)32(6)7/h12-19,21-22,27-28,30,33H,8-11,20H2,1-7H3/t21-,22-,27-,28+,29?/m0/s1. The Kier molecular flexibility index (Phi) is 8.47. The van der Waals surface area contributed by atoms with Crippen LogP contribution in [0.1, 0.15) is 76.1 Å². The third kappa shape index (κ3) is 5.55. The van der Waals surface area contributed by atoms with Gasteiger partial charge in [-0.25, -0.2) is 0 Å². The summed E-state index contributed by atoms with van der Waals surface area (Å²) in [6.45, 7) is 6.71. The molecular formula is C29H45N3O. The molecule has 0 bridgehead atoms. The minimum absolute atomic E-state index is 0.104. The van der Waals surface area contributed by atoms with Crippen molar-refractivity contribution in [2.75, 3.05) is 38.0 Å². The van der Waals surface area contributed by atoms with Crippen LogP contribution in [0.5, 0.6) is 0 Å². The molecular weight excluding hydrogens is 406 g/mol. The zero-order valence-corrected chi connectivity index (χ0v) is 21.8. The molecule has 1 aliphatic heterocycles. The number of piperidine rings is 1. The summed E-state index contributed by atoms with van der Waals surface area (Å²) < 4.78 is 0. The number of aliphatic hydroxyl groups is 1. The van der Waals surface area contributed by atoms with E-state index in [1.165, 1.54) is 41.8 Å². The van der Waals surface area contributed by atoms with Crippen molar-refractivity contribution in [1.29, 1.82) is 0 Å². The molecule has 3 rings (SSSR count). The van der Waals surface area contributed by atoms with Crippen LogP contribution < -0.4 is 15.1 Å². The van der Waals surface area contributed by atoms with E-state index < -0.39 is 5.60 Å². The molecule has 0 saturated carbocycles. The van der Waals surface area contributed by atoms with E-state index in [2.05, 4.69) is 113 Å². The van der Waals surface area contributed by atoms with Crippen molar-refractivity contribution in [1.82, 2.24) is 5.32 Å². The van der Waals surface area contributed by atoms with E-state index in [4.69, 9.17) is 0 Å². The van der Waals surface area contributed by atoms with Gasteiger partial charge in [0.1, 0.15) is 0 Å². The van der Waals surface area contributed by atoms with Crippen molar-refractivity contribution in [3.05, 3.63) is 59.7 Å². The van der Waals surface area contributed by atoms with Gasteiger partial charge in [0, 0.05) is 63.5 Å². The van der Waals surface area contributed by atoms with Crippen LogP contribution in [0.3, 0.4) is 0 Å². The number of hydrogen-bond donors (Lipinski definition) is 2. The van der Waals surface area contributed by atoms with Gasteiger partial charge in [-0.1, -0.05) is 70.7 Å². The highest BCUT2D eigenvalue weighted by atomic mass is 16.3. The lowest BCUT2D eigenvalue weighted by atomic mass is 9.64. The first-order valence-corrected chi connectivity index (χ1v) is 12.7. The molecule has 0 radical (unpaired) electrons. The van der Waals surface area contributed by atoms with E-state index in [9.17, 15) is 5.11 Å². The highest BCUT2D eigenvalue weighted by molar-refractivity contribution is 5.48. The maximum absolute atomic E-state index is 12.2. The number of hydrogen-bond acceptors (Lipinski definition) is 4. The predicted octanol–water partition coefficient (Wildman–Crippen LogP) is 6.18. The van der Waals surface area contributed by atoms with Gasteiger partial charge in [0.2, 0.25) is 0 Å². The summed E-state index contributed by atoms with van der Waals surface area (Å²) in [6, 6.07) is 17.8. The Bertz CT molecular complexity index is 796. The van der Waals surface area contributed by atoms with E-state index in [-0.39, 0.29) is 23.9 Å². The fraction of sp³-hybridized carbons (Fsp3) is 0.586. The molecule has 0 aliphatic carbocycles. The first kappa shape index (κ1) is 25.6. The molecule has 0 spiro atoms. The second-order valence-electron chi connectivity index (χ2n) is 10.5. The molecule has 1 unspecified atom stereocenters. The smallest absolute Gasteiger partial charge is 0.0734 e. The van der Waals surface area contributed by atoms with Gasteiger partial charge in [0.05, 0.1) is 5.60 Å². The molecule has 4 nitrogen and oxygen atoms in total. The third-order valence-corrected chi connectivity index (χ3v) is 7.90. The Morgan fingerprint density at radius 1 is 0.727 bits per heavy atom. The Labute approximate surface area is 202 Å². The number of rotatable bonds is 9. The van der Waals surface area contributed by atoms with Crippen LogP contribution in [0.4, 0.5) is 11.4 Å². The predicted molar refractivity (Wildman–Crippen MR) is 142 cm³/mol. The van der Waals surface area contributed by atoms with Crippen molar-refractivity contribution < 1.29 is 5.11 Å². The van der Waals surface area contributed by atoms with Crippen LogP contribution in [-0.2, 0) is 0 Å². The Balaban J connectivity index is 1.95. The fourth-order valence-electron chi connectivity index (χ4n) is 5.49. The number of nitrogens with one attached hydrogen (secondary N) is 1. The zero-order valence-electron chi connectivity index (χ0n) is 21.8. The molecule has 2 aromatic rings. The highest BCUT2D eigenvalue weighted by Gasteiger charge is 2.50. The van der Waals surface area contributed by atoms with E-state index in [1.807, 2.05) is 0 Å². The average Bonchev–Trinajstić information content (AvgIpc) is 2.81. The van der Waals surface area contributed by atoms with Crippen LogP contribution in [0.25, 0.3) is 0 Å². The van der Waals surface area contributed by atoms with Gasteiger partial charge in [-0.3, -0.25) is 0 Å². The summed E-state index contributed by atoms with van der Waals surface area (Å²) in [5.74, 6) is 0.244. The third-order valence-electron chi connectivity index (χ3n) is 7.90. The van der Waals surface area contributed by atoms with E-state index in [1.54, 1.807) is 0 Å². The van der Waals surface area contributed by atoms with Gasteiger partial charge in [-0.2, -0.15) is 0 Å². The molecule has 182 valence electrons. The number of unbranched alkanes of at least 4 members (excludes halogenated alkanes) is 3. The Morgan fingerprint density at radius 2 is 1.15 bits per heavy atom. The summed E-state index contributed by atoms with van der Waals surface area (Å²) in [5, 5.41) is 16.2. The van der Waals surface area contributed by atoms with Crippen molar-refractivity contribution in [2.45, 2.75) is 70.6 Å². The van der Waals surface area contributed by atoms with E-state index >= 15 is 0 Å². The molecule has 2 N–H and O–H groups in total. The molecule has 1 fully saturated rings. The van der Waals surface area contributed by atoms with Crippen molar-refractivity contribution in [3.63, 3.8) is 0 Å². The number of anilines is 2. The molecule has 1 heterocycles. The maximum Gasteiger partial charge on any atom is 0.0734 e. The summed E-state index contributed by atoms with van der Waals surface area (Å²) in [6.07, 6.45) is 5.58. The second-order valence-corrected chi connectivity index (χ2v) is 10.5. The highest BCUT2D eigenvalue weighted by Crippen LogP contribution is 2.49. The zero-order chi connectivity index (χ0) is 24.2. The molecule has 0 amide bonds. The molecule has 2 aromatic carbocycles. The van der Waals surface area contributed by atoms with Crippen molar-refractivity contribution in [2.24, 2.45) is 11.8 Å². The maximum atomic E-state index is 12.2. The molecule has 1 saturated heterocycles. The minimum atomic E-state index is -0.714. The van der Waals surface area contributed by atoms with E-state index in [0.717, 1.165) is 12.8 Å². The summed E-state index contributed by atoms with van der Waals surface area (Å²) in [4.78, 5) is 4.26. The van der Waals surface area contributed by atoms with Gasteiger partial charge in [-0.15, -0.1) is 0 Å². The monoisotopic (exact) mass is 451 g/mol. The van der Waals surface area contributed by atoms with Crippen LogP contribution in [-0.4, -0.2) is 38.9 Å². The lowest BCUT2D eigenvalue weighted by molar-refractivity contribution is -0.117. The fourth-order valence-corrected chi connectivity index (χ4v) is 5.49. The molecule has 0 aromatic heterocycles. The van der Waals surface area contributed by atoms with Crippen LogP contribution in [0.2, 0.25) is 0 Å². The first-order valence-electron chi connectivity index (χ1n) is 12.7. The molecule has 4 heteroatoms. The summed E-state index contributed by atoms with van der Waals surface area (Å²) >= 11 is 0. The first-order chi connectivity index (χ1) is 15.7. The van der Waals surface area contributed by atoms with Gasteiger partial charge < -0.3 is 20.2 Å². The van der Waals surface area contributed by atoms with Crippen molar-refractivity contribution >= 4 is 11.4 Å². The number of benzene rings is 2. The second kappa shape index (κ2) is 10.9. The van der Waals surface area contributed by atoms with Crippen LogP contribution in [0, 0.1) is 11.8 Å². The Morgan fingerprint density at radius 3 is 1.52 bits per heavy atom. The summed E-state index contributed by atoms with van der Waals surface area (Å²) in [7, 11) is 8.28. The van der Waals surface area contributed by atoms with Gasteiger partial charge in [-0.05, 0) is 41.8 Å². The van der Waals surface area contributed by atoms with E-state index in [0.29, 0.717) is 0 Å². The Hall–Kier alpha value is -2.04. The minimum Gasteiger partial charge on any atom is -0.389 e. The largest absolute Gasteiger partial charge is 0.389 e. The lowest BCUT2D eigenvalue weighted by Crippen LogP contribution is -2.57. The normalized spacial score (nSPS) is 27.4. The van der Waals surface area contributed by atoms with Gasteiger partial charge in [0.15, 0.2) is 0 Å². The molecule has 5 atom stereocenters. The quantitative estimate of drug-likeness (QED) is 0.447. The number of nitrogens with zero attached hydrogens (tertiary/aromatic N) is 2. The van der Waals surface area contributed by atoms with Gasteiger partial charge >= 0.3 is 0 Å². The SMILES string of the molecule is CCCCCCC1(O)[C@@H](C)[C@@H](c2ccc(N(C)C)cc2)N[C@@H](c2ccc(N(C)C)cc2)[C@@H]1C. The lowest BCUT2D eigenvalue weighted by Gasteiger charge is -2.52. The molecule has 33 heavy (non-hydrogen) atoms. The van der Waals surface area contributed by atoms with Crippen LogP contribution >= 0.6 is 0 Å². The molecule has 1 aliphatic rings. The average molecular weight is 452 g/mol. The summed E-state index contributed by atoms with van der Waals surface area (Å²) in [5.41, 5.74) is 4.18. The topological polar surface area (TPSA) is 38.7 Å². The van der Waals surface area contributed by atoms with Gasteiger partial charge in [0.25, 0.3) is 0 Å².